The summed E-state index contributed by atoms with van der Waals surface area (Å²) in [7, 11) is 0. The predicted octanol–water partition coefficient (Wildman–Crippen LogP) is 1.37. The number of likely N-dealkylation sites (N-methyl/N-ethyl adjacent to an activating group) is 1. The van der Waals surface area contributed by atoms with Crippen molar-refractivity contribution in [3.63, 3.8) is 0 Å². The number of carbonyl (C=O) groups excluding carboxylic acids is 1. The molecule has 0 unspecified atom stereocenters. The van der Waals surface area contributed by atoms with Crippen molar-refractivity contribution >= 4 is 11.9 Å². The van der Waals surface area contributed by atoms with Gasteiger partial charge in [0.1, 0.15) is 0 Å². The van der Waals surface area contributed by atoms with E-state index in [0.29, 0.717) is 5.95 Å². The molecule has 0 aliphatic heterocycles. The van der Waals surface area contributed by atoms with Crippen LogP contribution in [0.15, 0.2) is 6.07 Å². The van der Waals surface area contributed by atoms with E-state index < -0.39 is 0 Å². The summed E-state index contributed by atoms with van der Waals surface area (Å²) in [6.07, 6.45) is 0. The zero-order valence-corrected chi connectivity index (χ0v) is 10.9. The van der Waals surface area contributed by atoms with Crippen LogP contribution in [0.25, 0.3) is 0 Å². The van der Waals surface area contributed by atoms with Crippen molar-refractivity contribution < 1.29 is 4.79 Å². The maximum absolute atomic E-state index is 11.8. The molecule has 1 aromatic rings. The summed E-state index contributed by atoms with van der Waals surface area (Å²) in [5.74, 6) is 0.584. The van der Waals surface area contributed by atoms with E-state index in [1.807, 2.05) is 33.8 Å². The Hall–Kier alpha value is -1.65. The first kappa shape index (κ1) is 13.4. The van der Waals surface area contributed by atoms with Crippen LogP contribution in [0.3, 0.4) is 0 Å². The van der Waals surface area contributed by atoms with Crippen molar-refractivity contribution in [2.75, 3.05) is 25.0 Å². The highest BCUT2D eigenvalue weighted by atomic mass is 16.2. The van der Waals surface area contributed by atoms with Gasteiger partial charge in [-0.2, -0.15) is 0 Å². The molecule has 94 valence electrons. The summed E-state index contributed by atoms with van der Waals surface area (Å²) in [6.45, 7) is 9.45. The first-order chi connectivity index (χ1) is 8.06. The lowest BCUT2D eigenvalue weighted by Gasteiger charge is -2.18. The quantitative estimate of drug-likeness (QED) is 0.839. The number of hydrogen-bond acceptors (Lipinski definition) is 4. The third-order valence-corrected chi connectivity index (χ3v) is 2.50. The topological polar surface area (TPSA) is 58.1 Å². The van der Waals surface area contributed by atoms with Crippen molar-refractivity contribution in [3.05, 3.63) is 17.5 Å². The van der Waals surface area contributed by atoms with Crippen LogP contribution in [0.5, 0.6) is 0 Å². The molecule has 0 aliphatic rings. The maximum Gasteiger partial charge on any atom is 0.241 e. The molecule has 5 heteroatoms. The molecule has 0 bridgehead atoms. The highest BCUT2D eigenvalue weighted by molar-refractivity contribution is 5.80. The Morgan fingerprint density at radius 1 is 1.24 bits per heavy atom. The average Bonchev–Trinajstić information content (AvgIpc) is 2.27. The molecule has 0 spiro atoms. The predicted molar refractivity (Wildman–Crippen MR) is 67.9 cm³/mol. The summed E-state index contributed by atoms with van der Waals surface area (Å²) in [5, 5.41) is 2.96. The summed E-state index contributed by atoms with van der Waals surface area (Å²) in [6, 6.07) is 1.90. The summed E-state index contributed by atoms with van der Waals surface area (Å²) in [4.78, 5) is 22.0. The fourth-order valence-corrected chi connectivity index (χ4v) is 1.65. The van der Waals surface area contributed by atoms with Gasteiger partial charge < -0.3 is 10.2 Å². The number of aromatic nitrogens is 2. The first-order valence-electron chi connectivity index (χ1n) is 5.90. The molecule has 1 amide bonds. The van der Waals surface area contributed by atoms with Gasteiger partial charge in [0.2, 0.25) is 11.9 Å². The van der Waals surface area contributed by atoms with Crippen molar-refractivity contribution in [3.8, 4) is 0 Å². The average molecular weight is 236 g/mol. The van der Waals surface area contributed by atoms with E-state index in [1.165, 1.54) is 0 Å². The van der Waals surface area contributed by atoms with Crippen molar-refractivity contribution in [1.82, 2.24) is 14.9 Å². The Bertz CT molecular complexity index is 368. The number of aryl methyl sites for hydroxylation is 2. The van der Waals surface area contributed by atoms with Gasteiger partial charge in [0, 0.05) is 24.5 Å². The minimum absolute atomic E-state index is 0.0674. The van der Waals surface area contributed by atoms with Gasteiger partial charge in [0.25, 0.3) is 0 Å². The van der Waals surface area contributed by atoms with Crippen molar-refractivity contribution in [1.29, 1.82) is 0 Å². The highest BCUT2D eigenvalue weighted by Gasteiger charge is 2.09. The van der Waals surface area contributed by atoms with E-state index in [2.05, 4.69) is 15.3 Å². The molecule has 0 fully saturated rings. The normalized spacial score (nSPS) is 10.1. The third-order valence-electron chi connectivity index (χ3n) is 2.50. The molecule has 0 aliphatic carbocycles. The first-order valence-corrected chi connectivity index (χ1v) is 5.90. The van der Waals surface area contributed by atoms with Crippen LogP contribution in [0.1, 0.15) is 25.2 Å². The third kappa shape index (κ3) is 4.01. The number of nitrogens with zero attached hydrogens (tertiary/aromatic N) is 3. The van der Waals surface area contributed by atoms with Crippen molar-refractivity contribution in [2.45, 2.75) is 27.7 Å². The lowest BCUT2D eigenvalue weighted by Crippen LogP contribution is -2.35. The second kappa shape index (κ2) is 6.18. The van der Waals surface area contributed by atoms with E-state index in [9.17, 15) is 4.79 Å². The van der Waals surface area contributed by atoms with Crippen LogP contribution in [0, 0.1) is 13.8 Å². The summed E-state index contributed by atoms with van der Waals surface area (Å²) >= 11 is 0. The Morgan fingerprint density at radius 3 is 2.24 bits per heavy atom. The molecule has 0 radical (unpaired) electrons. The minimum atomic E-state index is 0.0674. The second-order valence-corrected chi connectivity index (χ2v) is 3.89. The molecule has 17 heavy (non-hydrogen) atoms. The Labute approximate surface area is 102 Å². The van der Waals surface area contributed by atoms with Gasteiger partial charge in [-0.3, -0.25) is 4.79 Å². The van der Waals surface area contributed by atoms with Gasteiger partial charge in [0.05, 0.1) is 6.54 Å². The number of nitrogens with one attached hydrogen (secondary N) is 1. The van der Waals surface area contributed by atoms with Crippen molar-refractivity contribution in [2.24, 2.45) is 0 Å². The van der Waals surface area contributed by atoms with Gasteiger partial charge >= 0.3 is 0 Å². The van der Waals surface area contributed by atoms with Crippen LogP contribution >= 0.6 is 0 Å². The number of carbonyl (C=O) groups is 1. The lowest BCUT2D eigenvalue weighted by molar-refractivity contribution is -0.128. The SMILES string of the molecule is CCN(CC)C(=O)CNc1nc(C)cc(C)n1. The summed E-state index contributed by atoms with van der Waals surface area (Å²) < 4.78 is 0. The van der Waals surface area contributed by atoms with Gasteiger partial charge in [-0.15, -0.1) is 0 Å². The zero-order chi connectivity index (χ0) is 12.8. The highest BCUT2D eigenvalue weighted by Crippen LogP contribution is 2.03. The molecular weight excluding hydrogens is 216 g/mol. The molecule has 1 aromatic heterocycles. The van der Waals surface area contributed by atoms with Gasteiger partial charge in [0.15, 0.2) is 0 Å². The van der Waals surface area contributed by atoms with Gasteiger partial charge in [-0.25, -0.2) is 9.97 Å². The second-order valence-electron chi connectivity index (χ2n) is 3.89. The Morgan fingerprint density at radius 2 is 1.76 bits per heavy atom. The number of rotatable bonds is 5. The van der Waals surface area contributed by atoms with Crippen LogP contribution in [0.2, 0.25) is 0 Å². The van der Waals surface area contributed by atoms with Crippen LogP contribution in [-0.2, 0) is 4.79 Å². The fraction of sp³-hybridized carbons (Fsp3) is 0.583. The van der Waals surface area contributed by atoms with Crippen LogP contribution < -0.4 is 5.32 Å². The van der Waals surface area contributed by atoms with Crippen LogP contribution in [0.4, 0.5) is 5.95 Å². The molecule has 0 saturated heterocycles. The van der Waals surface area contributed by atoms with E-state index in [-0.39, 0.29) is 12.5 Å². The van der Waals surface area contributed by atoms with Gasteiger partial charge in [-0.05, 0) is 33.8 Å². The number of anilines is 1. The Kier molecular flexibility index (Phi) is 4.87. The van der Waals surface area contributed by atoms with E-state index >= 15 is 0 Å². The molecule has 1 rings (SSSR count). The fourth-order valence-electron chi connectivity index (χ4n) is 1.65. The minimum Gasteiger partial charge on any atom is -0.345 e. The van der Waals surface area contributed by atoms with Crippen LogP contribution in [-0.4, -0.2) is 40.4 Å². The molecule has 5 nitrogen and oxygen atoms in total. The molecule has 1 heterocycles. The molecular formula is C12H20N4O. The molecule has 0 atom stereocenters. The smallest absolute Gasteiger partial charge is 0.241 e. The maximum atomic E-state index is 11.8. The molecule has 0 aromatic carbocycles. The summed E-state index contributed by atoms with van der Waals surface area (Å²) in [5.41, 5.74) is 1.80. The standard InChI is InChI=1S/C12H20N4O/c1-5-16(6-2)11(17)8-13-12-14-9(3)7-10(4)15-12/h7H,5-6,8H2,1-4H3,(H,13,14,15). The molecule has 0 saturated carbocycles. The number of hydrogen-bond donors (Lipinski definition) is 1. The molecule has 1 N–H and O–H groups in total. The lowest BCUT2D eigenvalue weighted by atomic mass is 10.3. The Balaban J connectivity index is 2.58. The van der Waals surface area contributed by atoms with Gasteiger partial charge in [-0.1, -0.05) is 0 Å². The van der Waals surface area contributed by atoms with E-state index in [1.54, 1.807) is 4.90 Å². The monoisotopic (exact) mass is 236 g/mol. The van der Waals surface area contributed by atoms with E-state index in [4.69, 9.17) is 0 Å². The zero-order valence-electron chi connectivity index (χ0n) is 10.9. The largest absolute Gasteiger partial charge is 0.345 e. The number of amides is 1. The van der Waals surface area contributed by atoms with E-state index in [0.717, 1.165) is 24.5 Å².